The van der Waals surface area contributed by atoms with Crippen molar-refractivity contribution in [1.82, 2.24) is 14.4 Å². The number of rotatable bonds is 2. The second-order valence-electron chi connectivity index (χ2n) is 3.31. The van der Waals surface area contributed by atoms with Crippen LogP contribution in [0.15, 0.2) is 35.4 Å². The van der Waals surface area contributed by atoms with Crippen LogP contribution in [0.3, 0.4) is 0 Å². The molecule has 3 aromatic heterocycles. The number of nitrogens with zero attached hydrogens (tertiary/aromatic N) is 3. The van der Waals surface area contributed by atoms with E-state index in [0.29, 0.717) is 11.6 Å². The summed E-state index contributed by atoms with van der Waals surface area (Å²) in [6.07, 6.45) is 5.29. The van der Waals surface area contributed by atoms with E-state index in [1.165, 1.54) is 0 Å². The summed E-state index contributed by atoms with van der Waals surface area (Å²) in [7, 11) is 0. The van der Waals surface area contributed by atoms with Gasteiger partial charge in [-0.25, -0.2) is 9.97 Å². The van der Waals surface area contributed by atoms with Gasteiger partial charge in [0.2, 0.25) is 0 Å². The molecular formula is C10H9N5S. The van der Waals surface area contributed by atoms with Crippen LogP contribution in [0.1, 0.15) is 0 Å². The summed E-state index contributed by atoms with van der Waals surface area (Å²) in [5, 5.41) is 7.19. The third-order valence-electron chi connectivity index (χ3n) is 2.18. The lowest BCUT2D eigenvalue weighted by Crippen LogP contribution is -2.01. The molecule has 3 rings (SSSR count). The monoisotopic (exact) mass is 231 g/mol. The maximum atomic E-state index is 5.72. The van der Waals surface area contributed by atoms with Gasteiger partial charge in [0.1, 0.15) is 5.82 Å². The molecule has 6 heteroatoms. The fourth-order valence-corrected chi connectivity index (χ4v) is 2.10. The van der Waals surface area contributed by atoms with Crippen LogP contribution < -0.4 is 11.1 Å². The molecule has 16 heavy (non-hydrogen) atoms. The van der Waals surface area contributed by atoms with Crippen molar-refractivity contribution in [2.75, 3.05) is 11.1 Å². The lowest BCUT2D eigenvalue weighted by Gasteiger charge is -2.05. The van der Waals surface area contributed by atoms with Crippen molar-refractivity contribution >= 4 is 34.3 Å². The van der Waals surface area contributed by atoms with E-state index in [9.17, 15) is 0 Å². The van der Waals surface area contributed by atoms with Gasteiger partial charge in [0, 0.05) is 17.8 Å². The number of aromatic nitrogens is 3. The second-order valence-corrected chi connectivity index (χ2v) is 4.09. The van der Waals surface area contributed by atoms with Crippen molar-refractivity contribution < 1.29 is 0 Å². The summed E-state index contributed by atoms with van der Waals surface area (Å²) in [4.78, 5) is 8.46. The van der Waals surface area contributed by atoms with Gasteiger partial charge in [-0.15, -0.1) is 0 Å². The molecule has 0 aliphatic carbocycles. The molecule has 0 spiro atoms. The molecule has 0 bridgehead atoms. The Balaban J connectivity index is 2.11. The van der Waals surface area contributed by atoms with E-state index in [0.717, 1.165) is 11.3 Å². The Morgan fingerprint density at radius 1 is 1.44 bits per heavy atom. The summed E-state index contributed by atoms with van der Waals surface area (Å²) < 4.78 is 1.84. The first-order chi connectivity index (χ1) is 7.83. The Morgan fingerprint density at radius 2 is 2.38 bits per heavy atom. The van der Waals surface area contributed by atoms with Crippen molar-refractivity contribution in [3.8, 4) is 0 Å². The van der Waals surface area contributed by atoms with Crippen molar-refractivity contribution in [1.29, 1.82) is 0 Å². The first kappa shape index (κ1) is 9.17. The number of thiophene rings is 1. The SMILES string of the molecule is Nc1cn2ccnc2c(Nc2ccsc2)n1. The minimum Gasteiger partial charge on any atom is -0.382 e. The van der Waals surface area contributed by atoms with Gasteiger partial charge in [0.15, 0.2) is 11.5 Å². The van der Waals surface area contributed by atoms with Gasteiger partial charge in [0.25, 0.3) is 0 Å². The normalized spacial score (nSPS) is 10.8. The van der Waals surface area contributed by atoms with Crippen LogP contribution in [-0.4, -0.2) is 14.4 Å². The van der Waals surface area contributed by atoms with Crippen LogP contribution in [0, 0.1) is 0 Å². The summed E-state index contributed by atoms with van der Waals surface area (Å²) in [5.74, 6) is 1.13. The average Bonchev–Trinajstić information content (AvgIpc) is 2.87. The molecule has 0 radical (unpaired) electrons. The maximum Gasteiger partial charge on any atom is 0.180 e. The van der Waals surface area contributed by atoms with Crippen LogP contribution in [0.5, 0.6) is 0 Å². The van der Waals surface area contributed by atoms with Crippen LogP contribution in [0.25, 0.3) is 5.65 Å². The van der Waals surface area contributed by atoms with Gasteiger partial charge in [-0.1, -0.05) is 0 Å². The molecule has 0 aliphatic rings. The lowest BCUT2D eigenvalue weighted by atomic mass is 10.5. The van der Waals surface area contributed by atoms with Crippen LogP contribution >= 0.6 is 11.3 Å². The maximum absolute atomic E-state index is 5.72. The number of hydrogen-bond acceptors (Lipinski definition) is 5. The van der Waals surface area contributed by atoms with Gasteiger partial charge in [-0.2, -0.15) is 11.3 Å². The first-order valence-electron chi connectivity index (χ1n) is 4.71. The van der Waals surface area contributed by atoms with Gasteiger partial charge in [-0.05, 0) is 11.4 Å². The summed E-state index contributed by atoms with van der Waals surface area (Å²) in [5.41, 5.74) is 7.47. The minimum absolute atomic E-state index is 0.461. The Labute approximate surface area is 95.6 Å². The zero-order valence-electron chi connectivity index (χ0n) is 8.29. The second kappa shape index (κ2) is 3.49. The van der Waals surface area contributed by atoms with Gasteiger partial charge in [0.05, 0.1) is 11.9 Å². The fraction of sp³-hybridized carbons (Fsp3) is 0. The molecule has 3 N–H and O–H groups in total. The minimum atomic E-state index is 0.461. The molecule has 0 aromatic carbocycles. The Hall–Kier alpha value is -2.08. The smallest absolute Gasteiger partial charge is 0.180 e. The Kier molecular flexibility index (Phi) is 2.00. The van der Waals surface area contributed by atoms with E-state index >= 15 is 0 Å². The van der Waals surface area contributed by atoms with Crippen LogP contribution in [-0.2, 0) is 0 Å². The molecule has 0 amide bonds. The van der Waals surface area contributed by atoms with Crippen molar-refractivity contribution in [2.45, 2.75) is 0 Å². The highest BCUT2D eigenvalue weighted by atomic mass is 32.1. The lowest BCUT2D eigenvalue weighted by molar-refractivity contribution is 1.14. The molecule has 3 heterocycles. The van der Waals surface area contributed by atoms with E-state index < -0.39 is 0 Å². The van der Waals surface area contributed by atoms with E-state index in [-0.39, 0.29) is 0 Å². The predicted molar refractivity (Wildman–Crippen MR) is 65.0 cm³/mol. The number of hydrogen-bond donors (Lipinski definition) is 2. The number of nitrogen functional groups attached to an aromatic ring is 1. The van der Waals surface area contributed by atoms with Crippen molar-refractivity contribution in [3.63, 3.8) is 0 Å². The van der Waals surface area contributed by atoms with E-state index in [1.807, 2.05) is 27.4 Å². The highest BCUT2D eigenvalue weighted by molar-refractivity contribution is 7.08. The van der Waals surface area contributed by atoms with E-state index in [2.05, 4.69) is 15.3 Å². The van der Waals surface area contributed by atoms with Gasteiger partial charge in [-0.3, -0.25) is 0 Å². The zero-order valence-corrected chi connectivity index (χ0v) is 9.11. The molecular weight excluding hydrogens is 222 g/mol. The third kappa shape index (κ3) is 1.49. The van der Waals surface area contributed by atoms with E-state index in [4.69, 9.17) is 5.73 Å². The molecule has 0 fully saturated rings. The highest BCUT2D eigenvalue weighted by Crippen LogP contribution is 2.21. The number of nitrogens with two attached hydrogens (primary N) is 1. The average molecular weight is 231 g/mol. The fourth-order valence-electron chi connectivity index (χ4n) is 1.51. The summed E-state index contributed by atoms with van der Waals surface area (Å²) >= 11 is 1.62. The van der Waals surface area contributed by atoms with Gasteiger partial charge >= 0.3 is 0 Å². The van der Waals surface area contributed by atoms with Crippen molar-refractivity contribution in [3.05, 3.63) is 35.4 Å². The molecule has 80 valence electrons. The highest BCUT2D eigenvalue weighted by Gasteiger charge is 2.06. The molecule has 0 aliphatic heterocycles. The molecule has 0 unspecified atom stereocenters. The molecule has 0 saturated heterocycles. The van der Waals surface area contributed by atoms with E-state index in [1.54, 1.807) is 23.7 Å². The summed E-state index contributed by atoms with van der Waals surface area (Å²) in [6.45, 7) is 0. The van der Waals surface area contributed by atoms with Crippen LogP contribution in [0.4, 0.5) is 17.3 Å². The Morgan fingerprint density at radius 3 is 3.19 bits per heavy atom. The number of imidazole rings is 1. The third-order valence-corrected chi connectivity index (χ3v) is 2.86. The molecule has 3 aromatic rings. The topological polar surface area (TPSA) is 68.2 Å². The number of nitrogens with one attached hydrogen (secondary N) is 1. The standard InChI is InChI=1S/C10H9N5S/c11-8-5-15-3-2-12-10(15)9(14-8)13-7-1-4-16-6-7/h1-6H,11H2,(H,13,14). The predicted octanol–water partition coefficient (Wildman–Crippen LogP) is 2.12. The van der Waals surface area contributed by atoms with Crippen molar-refractivity contribution in [2.24, 2.45) is 0 Å². The Bertz CT molecular complexity index is 613. The number of anilines is 3. The zero-order chi connectivity index (χ0) is 11.0. The summed E-state index contributed by atoms with van der Waals surface area (Å²) in [6, 6.07) is 1.98. The van der Waals surface area contributed by atoms with Gasteiger partial charge < -0.3 is 15.5 Å². The number of fused-ring (bicyclic) bond motifs is 1. The first-order valence-corrected chi connectivity index (χ1v) is 5.65. The quantitative estimate of drug-likeness (QED) is 0.708. The van der Waals surface area contributed by atoms with Crippen LogP contribution in [0.2, 0.25) is 0 Å². The largest absolute Gasteiger partial charge is 0.382 e. The molecule has 0 atom stereocenters. The molecule has 0 saturated carbocycles. The molecule has 5 nitrogen and oxygen atoms in total.